The Morgan fingerprint density at radius 1 is 1.00 bits per heavy atom. The fourth-order valence-electron chi connectivity index (χ4n) is 2.63. The normalized spacial score (nSPS) is 38.5. The third-order valence-corrected chi connectivity index (χ3v) is 3.55. The molecule has 0 aromatic rings. The van der Waals surface area contributed by atoms with E-state index in [9.17, 15) is 15.3 Å². The molecule has 0 aliphatic carbocycles. The van der Waals surface area contributed by atoms with Gasteiger partial charge in [-0.15, -0.1) is 0 Å². The van der Waals surface area contributed by atoms with E-state index in [0.717, 1.165) is 0 Å². The van der Waals surface area contributed by atoms with Crippen molar-refractivity contribution in [1.29, 1.82) is 0 Å². The molecule has 1 heterocycles. The second-order valence-corrected chi connectivity index (χ2v) is 6.85. The number of aliphatic hydroxyl groups excluding tert-OH is 3. The fraction of sp³-hybridized carbons (Fsp3) is 1.00. The molecule has 114 valence electrons. The van der Waals surface area contributed by atoms with Crippen LogP contribution in [0.2, 0.25) is 0 Å². The summed E-state index contributed by atoms with van der Waals surface area (Å²) in [6.07, 6.45) is -5.20. The molecule has 6 unspecified atom stereocenters. The molecule has 1 rings (SSSR count). The Bertz CT molecular complexity index is 286. The highest BCUT2D eigenvalue weighted by Crippen LogP contribution is 2.32. The smallest absolute Gasteiger partial charge is 0.186 e. The van der Waals surface area contributed by atoms with Crippen molar-refractivity contribution >= 4 is 0 Å². The van der Waals surface area contributed by atoms with Gasteiger partial charge in [-0.25, -0.2) is 0 Å². The van der Waals surface area contributed by atoms with Crippen LogP contribution >= 0.6 is 0 Å². The summed E-state index contributed by atoms with van der Waals surface area (Å²) in [6.45, 7) is 11.9. The lowest BCUT2D eigenvalue weighted by molar-refractivity contribution is -0.315. The molecule has 1 saturated heterocycles. The van der Waals surface area contributed by atoms with Crippen molar-refractivity contribution in [2.24, 2.45) is 11.3 Å². The minimum Gasteiger partial charge on any atom is -0.388 e. The summed E-state index contributed by atoms with van der Waals surface area (Å²) in [5.74, 6) is 0.245. The quantitative estimate of drug-likeness (QED) is 0.714. The summed E-state index contributed by atoms with van der Waals surface area (Å²) in [6, 6.07) is 0. The summed E-state index contributed by atoms with van der Waals surface area (Å²) < 4.78 is 11.4. The van der Waals surface area contributed by atoms with Crippen LogP contribution in [-0.4, -0.2) is 52.1 Å². The van der Waals surface area contributed by atoms with Crippen molar-refractivity contribution in [3.05, 3.63) is 0 Å². The molecule has 5 nitrogen and oxygen atoms in total. The maximum atomic E-state index is 9.96. The van der Waals surface area contributed by atoms with Gasteiger partial charge in [-0.2, -0.15) is 0 Å². The molecular formula is C14H28O5. The van der Waals surface area contributed by atoms with Crippen LogP contribution in [-0.2, 0) is 9.47 Å². The first-order valence-electron chi connectivity index (χ1n) is 6.90. The summed E-state index contributed by atoms with van der Waals surface area (Å²) in [5.41, 5.74) is -0.110. The van der Waals surface area contributed by atoms with Crippen molar-refractivity contribution in [3.8, 4) is 0 Å². The molecule has 5 heteroatoms. The van der Waals surface area contributed by atoms with E-state index in [1.807, 2.05) is 13.8 Å². The maximum absolute atomic E-state index is 9.96. The Labute approximate surface area is 115 Å². The second-order valence-electron chi connectivity index (χ2n) is 6.85. The largest absolute Gasteiger partial charge is 0.388 e. The molecule has 0 spiro atoms. The number of ether oxygens (including phenoxy) is 2. The molecule has 0 radical (unpaired) electrons. The molecule has 6 atom stereocenters. The van der Waals surface area contributed by atoms with Gasteiger partial charge in [0, 0.05) is 0 Å². The third-order valence-electron chi connectivity index (χ3n) is 3.55. The van der Waals surface area contributed by atoms with Crippen molar-refractivity contribution in [3.63, 3.8) is 0 Å². The van der Waals surface area contributed by atoms with E-state index in [0.29, 0.717) is 0 Å². The molecule has 0 saturated carbocycles. The molecule has 0 amide bonds. The molecule has 1 aliphatic heterocycles. The summed E-state index contributed by atoms with van der Waals surface area (Å²) in [5, 5.41) is 29.4. The average Bonchev–Trinajstić information content (AvgIpc) is 2.27. The molecule has 1 fully saturated rings. The van der Waals surface area contributed by atoms with E-state index in [1.54, 1.807) is 6.92 Å². The van der Waals surface area contributed by atoms with Crippen LogP contribution in [0.4, 0.5) is 0 Å². The van der Waals surface area contributed by atoms with E-state index in [2.05, 4.69) is 20.8 Å². The predicted octanol–water partition coefficient (Wildman–Crippen LogP) is 0.901. The van der Waals surface area contributed by atoms with Crippen LogP contribution in [0.1, 0.15) is 41.5 Å². The van der Waals surface area contributed by atoms with Gasteiger partial charge in [-0.05, 0) is 18.3 Å². The van der Waals surface area contributed by atoms with E-state index >= 15 is 0 Å². The number of rotatable bonds is 3. The molecule has 19 heavy (non-hydrogen) atoms. The number of hydrogen-bond donors (Lipinski definition) is 3. The highest BCUT2D eigenvalue weighted by Gasteiger charge is 2.44. The van der Waals surface area contributed by atoms with Gasteiger partial charge in [-0.1, -0.05) is 34.6 Å². The first-order valence-corrected chi connectivity index (χ1v) is 6.90. The zero-order valence-electron chi connectivity index (χ0n) is 12.7. The molecule has 0 aromatic carbocycles. The zero-order chi connectivity index (χ0) is 15.0. The van der Waals surface area contributed by atoms with Crippen LogP contribution in [0.25, 0.3) is 0 Å². The number of aliphatic hydroxyl groups is 3. The van der Waals surface area contributed by atoms with Gasteiger partial charge in [-0.3, -0.25) is 0 Å². The molecule has 3 N–H and O–H groups in total. The Balaban J connectivity index is 2.79. The lowest BCUT2D eigenvalue weighted by atomic mass is 9.82. The standard InChI is InChI=1S/C14H28O5/c1-7(2)12(14(4,5)6)19-13-11(17)10(16)9(15)8(3)18-13/h7-13,15-17H,1-6H3. The fourth-order valence-corrected chi connectivity index (χ4v) is 2.63. The third kappa shape index (κ3) is 3.89. The lowest BCUT2D eigenvalue weighted by Crippen LogP contribution is -2.58. The summed E-state index contributed by atoms with van der Waals surface area (Å²) in [7, 11) is 0. The van der Waals surface area contributed by atoms with E-state index in [1.165, 1.54) is 0 Å². The Hall–Kier alpha value is -0.200. The SMILES string of the molecule is CC(C)C(OC1OC(C)C(O)C(O)C1O)C(C)(C)C. The molecular weight excluding hydrogens is 248 g/mol. The van der Waals surface area contributed by atoms with Gasteiger partial charge in [0.1, 0.15) is 18.3 Å². The van der Waals surface area contributed by atoms with Crippen LogP contribution in [0.3, 0.4) is 0 Å². The van der Waals surface area contributed by atoms with Crippen LogP contribution in [0.5, 0.6) is 0 Å². The van der Waals surface area contributed by atoms with Gasteiger partial charge in [0.25, 0.3) is 0 Å². The predicted molar refractivity (Wildman–Crippen MR) is 71.5 cm³/mol. The van der Waals surface area contributed by atoms with Crippen LogP contribution < -0.4 is 0 Å². The van der Waals surface area contributed by atoms with Gasteiger partial charge in [0.2, 0.25) is 0 Å². The van der Waals surface area contributed by atoms with E-state index in [4.69, 9.17) is 9.47 Å². The summed E-state index contributed by atoms with van der Waals surface area (Å²) in [4.78, 5) is 0. The first-order chi connectivity index (χ1) is 8.55. The minimum absolute atomic E-state index is 0.110. The van der Waals surface area contributed by atoms with Gasteiger partial charge >= 0.3 is 0 Å². The van der Waals surface area contributed by atoms with Crippen LogP contribution in [0.15, 0.2) is 0 Å². The van der Waals surface area contributed by atoms with Crippen molar-refractivity contribution in [2.75, 3.05) is 0 Å². The van der Waals surface area contributed by atoms with E-state index in [-0.39, 0.29) is 17.4 Å². The zero-order valence-corrected chi connectivity index (χ0v) is 12.7. The Kier molecular flexibility index (Phi) is 5.37. The van der Waals surface area contributed by atoms with Gasteiger partial charge in [0.15, 0.2) is 6.29 Å². The highest BCUT2D eigenvalue weighted by atomic mass is 16.7. The van der Waals surface area contributed by atoms with Crippen molar-refractivity contribution in [1.82, 2.24) is 0 Å². The van der Waals surface area contributed by atoms with Crippen LogP contribution in [0, 0.1) is 11.3 Å². The minimum atomic E-state index is -1.25. The summed E-state index contributed by atoms with van der Waals surface area (Å²) >= 11 is 0. The lowest BCUT2D eigenvalue weighted by Gasteiger charge is -2.43. The first kappa shape index (κ1) is 16.9. The number of hydrogen-bond acceptors (Lipinski definition) is 5. The Morgan fingerprint density at radius 3 is 1.95 bits per heavy atom. The second kappa shape index (κ2) is 6.06. The van der Waals surface area contributed by atoms with Gasteiger partial charge in [0.05, 0.1) is 12.2 Å². The van der Waals surface area contributed by atoms with E-state index < -0.39 is 30.7 Å². The topological polar surface area (TPSA) is 79.2 Å². The van der Waals surface area contributed by atoms with Gasteiger partial charge < -0.3 is 24.8 Å². The average molecular weight is 276 g/mol. The molecule has 0 bridgehead atoms. The molecule has 0 aromatic heterocycles. The Morgan fingerprint density at radius 2 is 1.53 bits per heavy atom. The highest BCUT2D eigenvalue weighted by molar-refractivity contribution is 4.88. The van der Waals surface area contributed by atoms with Crippen molar-refractivity contribution in [2.45, 2.75) is 78.4 Å². The van der Waals surface area contributed by atoms with Crippen molar-refractivity contribution < 1.29 is 24.8 Å². The monoisotopic (exact) mass is 276 g/mol. The maximum Gasteiger partial charge on any atom is 0.186 e. The molecule has 1 aliphatic rings.